The molecule has 0 saturated carbocycles. The molecule has 0 aliphatic carbocycles. The second kappa shape index (κ2) is 8.81. The lowest BCUT2D eigenvalue weighted by molar-refractivity contribution is -0.133. The minimum absolute atomic E-state index is 0.0111. The second-order valence-corrected chi connectivity index (χ2v) is 5.90. The molecule has 2 rings (SSSR count). The summed E-state index contributed by atoms with van der Waals surface area (Å²) in [6, 6.07) is 9.20. The van der Waals surface area contributed by atoms with Gasteiger partial charge in [-0.1, -0.05) is 12.1 Å². The van der Waals surface area contributed by atoms with Gasteiger partial charge in [-0.05, 0) is 49.2 Å². The van der Waals surface area contributed by atoms with Crippen molar-refractivity contribution in [2.45, 2.75) is 13.8 Å². The fourth-order valence-electron chi connectivity index (χ4n) is 2.43. The Hall–Kier alpha value is -3.68. The van der Waals surface area contributed by atoms with E-state index in [1.54, 1.807) is 12.1 Å². The van der Waals surface area contributed by atoms with Crippen LogP contribution in [0, 0.1) is 13.8 Å². The van der Waals surface area contributed by atoms with Gasteiger partial charge in [-0.2, -0.15) is 0 Å². The summed E-state index contributed by atoms with van der Waals surface area (Å²) in [4.78, 5) is 48.2. The quantitative estimate of drug-likeness (QED) is 0.619. The van der Waals surface area contributed by atoms with E-state index in [2.05, 4.69) is 20.1 Å². The number of aryl methyl sites for hydroxylation is 1. The van der Waals surface area contributed by atoms with Crippen molar-refractivity contribution in [2.24, 2.45) is 0 Å². The van der Waals surface area contributed by atoms with Crippen molar-refractivity contribution in [3.8, 4) is 0 Å². The third kappa shape index (κ3) is 4.53. The lowest BCUT2D eigenvalue weighted by Gasteiger charge is -2.13. The number of carbonyl (C=O) groups is 4. The summed E-state index contributed by atoms with van der Waals surface area (Å²) in [5.74, 6) is -3.32. The summed E-state index contributed by atoms with van der Waals surface area (Å²) in [5.41, 5.74) is 2.32. The highest BCUT2D eigenvalue weighted by molar-refractivity contribution is 6.44. The van der Waals surface area contributed by atoms with E-state index < -0.39 is 23.8 Å². The molecule has 0 fully saturated rings. The number of ether oxygens (including phenoxy) is 2. The molecule has 8 nitrogen and oxygen atoms in total. The van der Waals surface area contributed by atoms with E-state index in [0.717, 1.165) is 11.1 Å². The topological polar surface area (TPSA) is 111 Å². The smallest absolute Gasteiger partial charge is 0.339 e. The molecular formula is C20H20N2O6. The van der Waals surface area contributed by atoms with Gasteiger partial charge in [0, 0.05) is 5.69 Å². The highest BCUT2D eigenvalue weighted by atomic mass is 16.5. The zero-order valence-electron chi connectivity index (χ0n) is 15.9. The van der Waals surface area contributed by atoms with Gasteiger partial charge in [0.05, 0.1) is 31.0 Å². The molecule has 0 aromatic heterocycles. The Morgan fingerprint density at radius 2 is 1.39 bits per heavy atom. The van der Waals surface area contributed by atoms with Crippen LogP contribution in [0.25, 0.3) is 0 Å². The van der Waals surface area contributed by atoms with Crippen molar-refractivity contribution in [3.05, 3.63) is 58.7 Å². The molecule has 2 aromatic carbocycles. The molecule has 0 atom stereocenters. The van der Waals surface area contributed by atoms with Gasteiger partial charge in [0.25, 0.3) is 0 Å². The van der Waals surface area contributed by atoms with Gasteiger partial charge in [-0.15, -0.1) is 0 Å². The van der Waals surface area contributed by atoms with Gasteiger partial charge >= 0.3 is 23.8 Å². The number of hydrogen-bond donors (Lipinski definition) is 2. The number of anilines is 2. The number of benzene rings is 2. The monoisotopic (exact) mass is 384 g/mol. The first-order chi connectivity index (χ1) is 13.3. The van der Waals surface area contributed by atoms with Gasteiger partial charge in [-0.25, -0.2) is 9.59 Å². The maximum Gasteiger partial charge on any atom is 0.339 e. The summed E-state index contributed by atoms with van der Waals surface area (Å²) in [6.45, 7) is 3.70. The van der Waals surface area contributed by atoms with Crippen molar-refractivity contribution < 1.29 is 28.7 Å². The van der Waals surface area contributed by atoms with Gasteiger partial charge in [-0.3, -0.25) is 9.59 Å². The lowest BCUT2D eigenvalue weighted by atomic mass is 10.1. The largest absolute Gasteiger partial charge is 0.465 e. The first-order valence-electron chi connectivity index (χ1n) is 8.27. The predicted octanol–water partition coefficient (Wildman–Crippen LogP) is 2.45. The molecule has 0 aliphatic rings. The fourth-order valence-corrected chi connectivity index (χ4v) is 2.43. The summed E-state index contributed by atoms with van der Waals surface area (Å²) < 4.78 is 9.29. The van der Waals surface area contributed by atoms with Crippen LogP contribution in [0.4, 0.5) is 11.4 Å². The molecule has 2 N–H and O–H groups in total. The normalized spacial score (nSPS) is 10.0. The fraction of sp³-hybridized carbons (Fsp3) is 0.200. The van der Waals surface area contributed by atoms with Crippen LogP contribution in [0.3, 0.4) is 0 Å². The zero-order chi connectivity index (χ0) is 20.8. The van der Waals surface area contributed by atoms with Crippen LogP contribution in [0.5, 0.6) is 0 Å². The molecule has 8 heteroatoms. The number of nitrogens with one attached hydrogen (secondary N) is 2. The van der Waals surface area contributed by atoms with Crippen LogP contribution in [0.1, 0.15) is 31.8 Å². The average molecular weight is 384 g/mol. The molecule has 0 unspecified atom stereocenters. The SMILES string of the molecule is COC(=O)c1ccc(C(=O)OC)c(NC(=O)C(=O)Nc2cccc(C)c2C)c1. The van der Waals surface area contributed by atoms with E-state index >= 15 is 0 Å². The minimum Gasteiger partial charge on any atom is -0.465 e. The van der Waals surface area contributed by atoms with Crippen molar-refractivity contribution in [1.29, 1.82) is 0 Å². The van der Waals surface area contributed by atoms with Crippen molar-refractivity contribution in [2.75, 3.05) is 24.9 Å². The first kappa shape index (κ1) is 20.6. The van der Waals surface area contributed by atoms with E-state index in [9.17, 15) is 19.2 Å². The van der Waals surface area contributed by atoms with Gasteiger partial charge in [0.1, 0.15) is 0 Å². The Morgan fingerprint density at radius 1 is 0.786 bits per heavy atom. The van der Waals surface area contributed by atoms with Gasteiger partial charge < -0.3 is 20.1 Å². The molecule has 0 spiro atoms. The third-order valence-corrected chi connectivity index (χ3v) is 4.15. The molecular weight excluding hydrogens is 364 g/mol. The molecule has 2 amide bonds. The third-order valence-electron chi connectivity index (χ3n) is 4.15. The van der Waals surface area contributed by atoms with Crippen LogP contribution in [0.15, 0.2) is 36.4 Å². The van der Waals surface area contributed by atoms with E-state index in [-0.39, 0.29) is 16.8 Å². The summed E-state index contributed by atoms with van der Waals surface area (Å²) >= 11 is 0. The van der Waals surface area contributed by atoms with E-state index in [1.165, 1.54) is 32.4 Å². The number of carbonyl (C=O) groups excluding carboxylic acids is 4. The van der Waals surface area contributed by atoms with Crippen molar-refractivity contribution in [3.63, 3.8) is 0 Å². The van der Waals surface area contributed by atoms with Crippen molar-refractivity contribution >= 4 is 35.1 Å². The zero-order valence-corrected chi connectivity index (χ0v) is 15.9. The molecule has 0 aliphatic heterocycles. The summed E-state index contributed by atoms with van der Waals surface area (Å²) in [6.07, 6.45) is 0. The summed E-state index contributed by atoms with van der Waals surface area (Å²) in [7, 11) is 2.38. The Kier molecular flexibility index (Phi) is 6.49. The number of amides is 2. The molecule has 28 heavy (non-hydrogen) atoms. The van der Waals surface area contributed by atoms with E-state index in [4.69, 9.17) is 0 Å². The highest BCUT2D eigenvalue weighted by Gasteiger charge is 2.21. The number of rotatable bonds is 4. The van der Waals surface area contributed by atoms with Crippen LogP contribution in [-0.4, -0.2) is 38.0 Å². The second-order valence-electron chi connectivity index (χ2n) is 5.90. The van der Waals surface area contributed by atoms with Crippen molar-refractivity contribution in [1.82, 2.24) is 0 Å². The summed E-state index contributed by atoms with van der Waals surface area (Å²) in [5, 5.41) is 4.86. The lowest BCUT2D eigenvalue weighted by Crippen LogP contribution is -2.30. The Morgan fingerprint density at radius 3 is 2.00 bits per heavy atom. The number of methoxy groups -OCH3 is 2. The van der Waals surface area contributed by atoms with E-state index in [0.29, 0.717) is 5.69 Å². The van der Waals surface area contributed by atoms with Crippen LogP contribution in [-0.2, 0) is 19.1 Å². The molecule has 0 heterocycles. The van der Waals surface area contributed by atoms with Gasteiger partial charge in [0.2, 0.25) is 0 Å². The van der Waals surface area contributed by atoms with Crippen LogP contribution >= 0.6 is 0 Å². The maximum absolute atomic E-state index is 12.3. The molecule has 2 aromatic rings. The Bertz CT molecular complexity index is 952. The highest BCUT2D eigenvalue weighted by Crippen LogP contribution is 2.21. The Balaban J connectivity index is 2.28. The first-order valence-corrected chi connectivity index (χ1v) is 8.27. The predicted molar refractivity (Wildman–Crippen MR) is 102 cm³/mol. The standard InChI is InChI=1S/C20H20N2O6/c1-11-6-5-7-15(12(11)2)21-17(23)18(24)22-16-10-13(19(25)27-3)8-9-14(16)20(26)28-4/h5-10H,1-4H3,(H,21,23)(H,22,24). The molecule has 0 radical (unpaired) electrons. The molecule has 0 bridgehead atoms. The maximum atomic E-state index is 12.3. The van der Waals surface area contributed by atoms with E-state index in [1.807, 2.05) is 19.9 Å². The number of esters is 2. The molecule has 146 valence electrons. The number of hydrogen-bond acceptors (Lipinski definition) is 6. The van der Waals surface area contributed by atoms with Gasteiger partial charge in [0.15, 0.2) is 0 Å². The Labute approximate surface area is 161 Å². The van der Waals surface area contributed by atoms with Crippen LogP contribution < -0.4 is 10.6 Å². The average Bonchev–Trinajstić information content (AvgIpc) is 2.70. The van der Waals surface area contributed by atoms with Crippen LogP contribution in [0.2, 0.25) is 0 Å². The minimum atomic E-state index is -1.01. The molecule has 0 saturated heterocycles.